The monoisotopic (exact) mass is 532 g/mol. The van der Waals surface area contributed by atoms with Gasteiger partial charge in [-0.3, -0.25) is 4.79 Å². The molecular formula is C23H21ClN4O5S2. The summed E-state index contributed by atoms with van der Waals surface area (Å²) in [4.78, 5) is 13.3. The summed E-state index contributed by atoms with van der Waals surface area (Å²) in [5, 5.41) is 2.98. The first-order valence-electron chi connectivity index (χ1n) is 10.3. The number of methoxy groups -OCH3 is 2. The van der Waals surface area contributed by atoms with Gasteiger partial charge in [0.25, 0.3) is 0 Å². The van der Waals surface area contributed by atoms with Crippen molar-refractivity contribution in [3.8, 4) is 11.5 Å². The Hall–Kier alpha value is -3.25. The van der Waals surface area contributed by atoms with Crippen LogP contribution in [0.1, 0.15) is 5.56 Å². The zero-order valence-corrected chi connectivity index (χ0v) is 21.1. The molecule has 9 nitrogen and oxygen atoms in total. The van der Waals surface area contributed by atoms with Crippen LogP contribution in [0, 0.1) is 0 Å². The van der Waals surface area contributed by atoms with Crippen LogP contribution in [0.25, 0.3) is 11.0 Å². The quantitative estimate of drug-likeness (QED) is 0.335. The lowest BCUT2D eigenvalue weighted by Crippen LogP contribution is -2.45. The third-order valence-electron chi connectivity index (χ3n) is 5.17. The standard InChI is InChI=1S/C23H21ClN4O5S2/c1-32-19-13-20(33-2)17(12-15(19)24)25-23(29)18(11-14-7-4-3-5-8-14)28-35(30,31)21-10-6-9-16-22(21)27-34-26-16/h3-10,12-13,18,28H,11H2,1-2H3,(H,25,29). The van der Waals surface area contributed by atoms with E-state index in [1.54, 1.807) is 12.1 Å². The van der Waals surface area contributed by atoms with E-state index < -0.39 is 22.0 Å². The van der Waals surface area contributed by atoms with Gasteiger partial charge in [0.1, 0.15) is 33.5 Å². The number of hydrogen-bond donors (Lipinski definition) is 2. The Bertz CT molecular complexity index is 1460. The summed E-state index contributed by atoms with van der Waals surface area (Å²) in [6.45, 7) is 0. The van der Waals surface area contributed by atoms with Crippen LogP contribution in [0.2, 0.25) is 5.02 Å². The molecule has 4 aromatic rings. The molecule has 0 spiro atoms. The fourth-order valence-electron chi connectivity index (χ4n) is 3.46. The molecule has 0 radical (unpaired) electrons. The lowest BCUT2D eigenvalue weighted by Gasteiger charge is -2.20. The number of aromatic nitrogens is 2. The van der Waals surface area contributed by atoms with Crippen molar-refractivity contribution in [3.05, 3.63) is 71.2 Å². The molecule has 0 fully saturated rings. The molecule has 0 saturated carbocycles. The van der Waals surface area contributed by atoms with E-state index in [2.05, 4.69) is 18.8 Å². The van der Waals surface area contributed by atoms with Crippen molar-refractivity contribution in [2.45, 2.75) is 17.4 Å². The van der Waals surface area contributed by atoms with Crippen molar-refractivity contribution in [1.29, 1.82) is 0 Å². The maximum Gasteiger partial charge on any atom is 0.243 e. The number of nitrogens with zero attached hydrogens (tertiary/aromatic N) is 2. The zero-order chi connectivity index (χ0) is 25.0. The number of amides is 1. The first-order valence-corrected chi connectivity index (χ1v) is 12.9. The van der Waals surface area contributed by atoms with E-state index in [9.17, 15) is 13.2 Å². The number of nitrogens with one attached hydrogen (secondary N) is 2. The average molecular weight is 533 g/mol. The Morgan fingerprint density at radius 1 is 1.03 bits per heavy atom. The summed E-state index contributed by atoms with van der Waals surface area (Å²) < 4.78 is 48.0. The van der Waals surface area contributed by atoms with Crippen LogP contribution in [0.15, 0.2) is 65.6 Å². The number of sulfonamides is 1. The molecule has 3 aromatic carbocycles. The SMILES string of the molecule is COc1cc(OC)c(NC(=O)C(Cc2ccccc2)NS(=O)(=O)c2cccc3nsnc23)cc1Cl. The van der Waals surface area contributed by atoms with Crippen molar-refractivity contribution in [2.24, 2.45) is 0 Å². The van der Waals surface area contributed by atoms with Gasteiger partial charge in [-0.15, -0.1) is 0 Å². The molecule has 1 heterocycles. The molecular weight excluding hydrogens is 512 g/mol. The topological polar surface area (TPSA) is 120 Å². The predicted molar refractivity (Wildman–Crippen MR) is 135 cm³/mol. The van der Waals surface area contributed by atoms with Gasteiger partial charge in [-0.05, 0) is 30.2 Å². The van der Waals surface area contributed by atoms with Gasteiger partial charge in [0.05, 0.1) is 36.7 Å². The third-order valence-corrected chi connectivity index (χ3v) is 7.51. The number of rotatable bonds is 9. The number of fused-ring (bicyclic) bond motifs is 1. The second kappa shape index (κ2) is 10.6. The predicted octanol–water partition coefficient (Wildman–Crippen LogP) is 3.89. The minimum atomic E-state index is -4.13. The van der Waals surface area contributed by atoms with Gasteiger partial charge in [-0.25, -0.2) is 8.42 Å². The van der Waals surface area contributed by atoms with Crippen LogP contribution in [-0.4, -0.2) is 43.3 Å². The fourth-order valence-corrected chi connectivity index (χ4v) is 5.67. The van der Waals surface area contributed by atoms with Gasteiger partial charge in [0, 0.05) is 6.07 Å². The van der Waals surface area contributed by atoms with E-state index in [0.717, 1.165) is 17.3 Å². The molecule has 35 heavy (non-hydrogen) atoms. The largest absolute Gasteiger partial charge is 0.495 e. The Balaban J connectivity index is 1.67. The number of benzene rings is 3. The highest BCUT2D eigenvalue weighted by atomic mass is 35.5. The molecule has 0 aliphatic heterocycles. The second-order valence-corrected chi connectivity index (χ2v) is 10.0. The molecule has 12 heteroatoms. The third kappa shape index (κ3) is 5.54. The van der Waals surface area contributed by atoms with Gasteiger partial charge in [-0.1, -0.05) is 48.0 Å². The van der Waals surface area contributed by atoms with Crippen LogP contribution in [0.3, 0.4) is 0 Å². The summed E-state index contributed by atoms with van der Waals surface area (Å²) in [6.07, 6.45) is 0.101. The summed E-state index contributed by atoms with van der Waals surface area (Å²) in [5.74, 6) is 0.0767. The highest BCUT2D eigenvalue weighted by Gasteiger charge is 2.29. The van der Waals surface area contributed by atoms with Crippen LogP contribution in [0.5, 0.6) is 11.5 Å². The minimum absolute atomic E-state index is 0.0558. The maximum absolute atomic E-state index is 13.4. The van der Waals surface area contributed by atoms with Gasteiger partial charge < -0.3 is 14.8 Å². The Morgan fingerprint density at radius 2 is 1.77 bits per heavy atom. The molecule has 4 rings (SSSR count). The Kier molecular flexibility index (Phi) is 7.51. The summed E-state index contributed by atoms with van der Waals surface area (Å²) in [6, 6.07) is 15.6. The van der Waals surface area contributed by atoms with Crippen LogP contribution >= 0.6 is 23.3 Å². The summed E-state index contributed by atoms with van der Waals surface area (Å²) >= 11 is 7.14. The van der Waals surface area contributed by atoms with Crippen molar-refractivity contribution < 1.29 is 22.7 Å². The van der Waals surface area contributed by atoms with Crippen molar-refractivity contribution >= 4 is 56.0 Å². The number of anilines is 1. The molecule has 1 unspecified atom stereocenters. The number of hydrogen-bond acceptors (Lipinski definition) is 8. The van der Waals surface area contributed by atoms with E-state index in [0.29, 0.717) is 17.0 Å². The summed E-state index contributed by atoms with van der Waals surface area (Å²) in [7, 11) is -1.24. The number of carbonyl (C=O) groups is 1. The second-order valence-electron chi connectivity index (χ2n) is 7.43. The first kappa shape index (κ1) is 24.9. The number of carbonyl (C=O) groups excluding carboxylic acids is 1. The van der Waals surface area contributed by atoms with Crippen LogP contribution in [0.4, 0.5) is 5.69 Å². The highest BCUT2D eigenvalue weighted by Crippen LogP contribution is 2.36. The lowest BCUT2D eigenvalue weighted by molar-refractivity contribution is -0.117. The van der Waals surface area contributed by atoms with Crippen LogP contribution in [-0.2, 0) is 21.2 Å². The molecule has 0 aliphatic carbocycles. The molecule has 2 N–H and O–H groups in total. The number of ether oxygens (including phenoxy) is 2. The van der Waals surface area contributed by atoms with Gasteiger partial charge in [0.2, 0.25) is 15.9 Å². The van der Waals surface area contributed by atoms with E-state index in [1.807, 2.05) is 30.3 Å². The van der Waals surface area contributed by atoms with E-state index >= 15 is 0 Å². The zero-order valence-electron chi connectivity index (χ0n) is 18.7. The van der Waals surface area contributed by atoms with Crippen LogP contribution < -0.4 is 19.5 Å². The first-order chi connectivity index (χ1) is 16.8. The normalized spacial score (nSPS) is 12.3. The van der Waals surface area contributed by atoms with Crippen molar-refractivity contribution in [2.75, 3.05) is 19.5 Å². The molecule has 0 bridgehead atoms. The summed E-state index contributed by atoms with van der Waals surface area (Å²) in [5.41, 5.74) is 1.74. The lowest BCUT2D eigenvalue weighted by atomic mass is 10.1. The van der Waals surface area contributed by atoms with Gasteiger partial charge in [-0.2, -0.15) is 13.5 Å². The smallest absolute Gasteiger partial charge is 0.243 e. The molecule has 182 valence electrons. The fraction of sp³-hybridized carbons (Fsp3) is 0.174. The number of halogens is 1. The van der Waals surface area contributed by atoms with Crippen molar-refractivity contribution in [3.63, 3.8) is 0 Å². The van der Waals surface area contributed by atoms with Gasteiger partial charge in [0.15, 0.2) is 0 Å². The van der Waals surface area contributed by atoms with E-state index in [4.69, 9.17) is 21.1 Å². The van der Waals surface area contributed by atoms with E-state index in [-0.39, 0.29) is 27.5 Å². The van der Waals surface area contributed by atoms with Crippen molar-refractivity contribution in [1.82, 2.24) is 13.5 Å². The molecule has 0 aliphatic rings. The van der Waals surface area contributed by atoms with E-state index in [1.165, 1.54) is 32.4 Å². The minimum Gasteiger partial charge on any atom is -0.495 e. The molecule has 1 atom stereocenters. The Labute approximate surface area is 211 Å². The molecule has 1 aromatic heterocycles. The average Bonchev–Trinajstić information content (AvgIpc) is 3.33. The molecule has 1 amide bonds. The highest BCUT2D eigenvalue weighted by molar-refractivity contribution is 7.89. The Morgan fingerprint density at radius 3 is 2.49 bits per heavy atom. The van der Waals surface area contributed by atoms with Gasteiger partial charge >= 0.3 is 0 Å². The molecule has 0 saturated heterocycles. The maximum atomic E-state index is 13.4.